The summed E-state index contributed by atoms with van der Waals surface area (Å²) in [5.41, 5.74) is 0. The van der Waals surface area contributed by atoms with E-state index in [0.717, 1.165) is 12.8 Å². The zero-order chi connectivity index (χ0) is 18.8. The first-order valence-corrected chi connectivity index (χ1v) is 10.5. The molecule has 27 heavy (non-hydrogen) atoms. The van der Waals surface area contributed by atoms with Crippen molar-refractivity contribution in [1.29, 1.82) is 0 Å². The highest BCUT2D eigenvalue weighted by atomic mass is 16.5. The summed E-state index contributed by atoms with van der Waals surface area (Å²) in [5, 5.41) is 4.05. The summed E-state index contributed by atoms with van der Waals surface area (Å²) in [6.45, 7) is 1.99. The Bertz CT molecular complexity index is 673. The average molecular weight is 374 g/mol. The SMILES string of the molecule is CN(CCc1noc(C2CN(C(=O)CC3CCCCC3)C2)n1)C(=O)C1CC1. The Kier molecular flexibility index (Phi) is 5.45. The molecule has 0 unspecified atom stereocenters. The summed E-state index contributed by atoms with van der Waals surface area (Å²) in [6.07, 6.45) is 9.61. The lowest BCUT2D eigenvalue weighted by molar-refractivity contribution is -0.137. The zero-order valence-corrected chi connectivity index (χ0v) is 16.2. The molecule has 3 fully saturated rings. The van der Waals surface area contributed by atoms with Gasteiger partial charge in [0.15, 0.2) is 5.82 Å². The summed E-state index contributed by atoms with van der Waals surface area (Å²) in [7, 11) is 1.84. The van der Waals surface area contributed by atoms with E-state index >= 15 is 0 Å². The van der Waals surface area contributed by atoms with E-state index in [-0.39, 0.29) is 23.7 Å². The predicted molar refractivity (Wildman–Crippen MR) is 98.9 cm³/mol. The molecular weight excluding hydrogens is 344 g/mol. The Morgan fingerprint density at radius 2 is 1.89 bits per heavy atom. The standard InChI is InChI=1S/C20H30N4O3/c1-23(20(26)15-7-8-15)10-9-17-21-19(27-22-17)16-12-24(13-16)18(25)11-14-5-3-2-4-6-14/h14-16H,2-13H2,1H3. The lowest BCUT2D eigenvalue weighted by Gasteiger charge is -2.38. The van der Waals surface area contributed by atoms with E-state index in [2.05, 4.69) is 10.1 Å². The molecule has 0 bridgehead atoms. The van der Waals surface area contributed by atoms with Crippen molar-refractivity contribution in [3.8, 4) is 0 Å². The summed E-state index contributed by atoms with van der Waals surface area (Å²) in [4.78, 5) is 32.5. The molecule has 4 rings (SSSR count). The first-order valence-electron chi connectivity index (χ1n) is 10.5. The van der Waals surface area contributed by atoms with Crippen molar-refractivity contribution in [2.75, 3.05) is 26.7 Å². The van der Waals surface area contributed by atoms with Crippen LogP contribution in [0.25, 0.3) is 0 Å². The molecule has 7 heteroatoms. The zero-order valence-electron chi connectivity index (χ0n) is 16.2. The second-order valence-corrected chi connectivity index (χ2v) is 8.54. The summed E-state index contributed by atoms with van der Waals surface area (Å²) in [5.74, 6) is 2.75. The van der Waals surface area contributed by atoms with Crippen molar-refractivity contribution < 1.29 is 14.1 Å². The molecule has 1 aromatic heterocycles. The fourth-order valence-electron chi connectivity index (χ4n) is 4.16. The molecular formula is C20H30N4O3. The summed E-state index contributed by atoms with van der Waals surface area (Å²) < 4.78 is 5.40. The van der Waals surface area contributed by atoms with Gasteiger partial charge >= 0.3 is 0 Å². The van der Waals surface area contributed by atoms with Gasteiger partial charge in [0.2, 0.25) is 17.7 Å². The Balaban J connectivity index is 1.19. The predicted octanol–water partition coefficient (Wildman–Crippen LogP) is 2.38. The largest absolute Gasteiger partial charge is 0.345 e. The molecule has 2 saturated carbocycles. The Labute approximate surface area is 160 Å². The number of likely N-dealkylation sites (N-methyl/N-ethyl adjacent to an activating group) is 1. The minimum Gasteiger partial charge on any atom is -0.345 e. The van der Waals surface area contributed by atoms with E-state index in [9.17, 15) is 9.59 Å². The van der Waals surface area contributed by atoms with Crippen LogP contribution in [0.5, 0.6) is 0 Å². The third-order valence-corrected chi connectivity index (χ3v) is 6.23. The fraction of sp³-hybridized carbons (Fsp3) is 0.800. The monoisotopic (exact) mass is 374 g/mol. The number of carbonyl (C=O) groups excluding carboxylic acids is 2. The van der Waals surface area contributed by atoms with Gasteiger partial charge in [-0.25, -0.2) is 0 Å². The number of carbonyl (C=O) groups is 2. The van der Waals surface area contributed by atoms with Gasteiger partial charge in [-0.2, -0.15) is 4.98 Å². The Hall–Kier alpha value is -1.92. The Morgan fingerprint density at radius 3 is 2.59 bits per heavy atom. The second-order valence-electron chi connectivity index (χ2n) is 8.54. The molecule has 2 aliphatic carbocycles. The highest BCUT2D eigenvalue weighted by Crippen LogP contribution is 2.31. The highest BCUT2D eigenvalue weighted by molar-refractivity contribution is 5.80. The molecule has 148 valence electrons. The maximum atomic E-state index is 12.4. The maximum Gasteiger partial charge on any atom is 0.233 e. The van der Waals surface area contributed by atoms with Gasteiger partial charge in [-0.1, -0.05) is 24.4 Å². The van der Waals surface area contributed by atoms with Crippen LogP contribution in [-0.4, -0.2) is 58.4 Å². The van der Waals surface area contributed by atoms with E-state index in [0.29, 0.717) is 50.1 Å². The van der Waals surface area contributed by atoms with Crippen molar-refractivity contribution in [2.45, 2.75) is 63.7 Å². The van der Waals surface area contributed by atoms with Crippen molar-refractivity contribution >= 4 is 11.8 Å². The van der Waals surface area contributed by atoms with Crippen LogP contribution < -0.4 is 0 Å². The minimum atomic E-state index is 0.160. The molecule has 2 heterocycles. The van der Waals surface area contributed by atoms with Gasteiger partial charge in [-0.05, 0) is 31.6 Å². The molecule has 0 aromatic carbocycles. The number of hydrogen-bond acceptors (Lipinski definition) is 5. The third kappa shape index (κ3) is 4.50. The van der Waals surface area contributed by atoms with Crippen LogP contribution in [0.4, 0.5) is 0 Å². The maximum absolute atomic E-state index is 12.4. The van der Waals surface area contributed by atoms with Gasteiger partial charge in [0.1, 0.15) is 0 Å². The van der Waals surface area contributed by atoms with Crippen LogP contribution >= 0.6 is 0 Å². The number of nitrogens with zero attached hydrogens (tertiary/aromatic N) is 4. The number of aromatic nitrogens is 2. The molecule has 7 nitrogen and oxygen atoms in total. The molecule has 1 aromatic rings. The topological polar surface area (TPSA) is 79.5 Å². The number of likely N-dealkylation sites (tertiary alicyclic amines) is 1. The van der Waals surface area contributed by atoms with Gasteiger partial charge in [0, 0.05) is 45.4 Å². The second kappa shape index (κ2) is 7.98. The number of hydrogen-bond donors (Lipinski definition) is 0. The lowest BCUT2D eigenvalue weighted by Crippen LogP contribution is -2.49. The van der Waals surface area contributed by atoms with Crippen LogP contribution in [0.3, 0.4) is 0 Å². The van der Waals surface area contributed by atoms with Gasteiger partial charge in [0.25, 0.3) is 0 Å². The van der Waals surface area contributed by atoms with Crippen molar-refractivity contribution in [1.82, 2.24) is 19.9 Å². The summed E-state index contributed by atoms with van der Waals surface area (Å²) in [6, 6.07) is 0. The van der Waals surface area contributed by atoms with E-state index in [4.69, 9.17) is 4.52 Å². The van der Waals surface area contributed by atoms with E-state index in [1.165, 1.54) is 32.1 Å². The first kappa shape index (κ1) is 18.4. The molecule has 0 N–H and O–H groups in total. The van der Waals surface area contributed by atoms with E-state index in [1.807, 2.05) is 11.9 Å². The third-order valence-electron chi connectivity index (χ3n) is 6.23. The van der Waals surface area contributed by atoms with Crippen molar-refractivity contribution in [3.63, 3.8) is 0 Å². The molecule has 1 aliphatic heterocycles. The van der Waals surface area contributed by atoms with Crippen LogP contribution in [0.2, 0.25) is 0 Å². The van der Waals surface area contributed by atoms with Crippen molar-refractivity contribution in [2.24, 2.45) is 11.8 Å². The van der Waals surface area contributed by atoms with Crippen LogP contribution in [0.15, 0.2) is 4.52 Å². The van der Waals surface area contributed by atoms with E-state index < -0.39 is 0 Å². The minimum absolute atomic E-state index is 0.160. The molecule has 1 saturated heterocycles. The van der Waals surface area contributed by atoms with Crippen LogP contribution in [-0.2, 0) is 16.0 Å². The molecule has 0 spiro atoms. The first-order chi connectivity index (χ1) is 13.1. The highest BCUT2D eigenvalue weighted by Gasteiger charge is 2.36. The normalized spacial score (nSPS) is 21.1. The Morgan fingerprint density at radius 1 is 1.15 bits per heavy atom. The van der Waals surface area contributed by atoms with Crippen LogP contribution in [0.1, 0.15) is 69.0 Å². The summed E-state index contributed by atoms with van der Waals surface area (Å²) >= 11 is 0. The molecule has 2 amide bonds. The average Bonchev–Trinajstić information content (AvgIpc) is 3.38. The van der Waals surface area contributed by atoms with Gasteiger partial charge < -0.3 is 14.3 Å². The van der Waals surface area contributed by atoms with Gasteiger partial charge in [0.05, 0.1) is 5.92 Å². The molecule has 0 radical (unpaired) electrons. The molecule has 3 aliphatic rings. The number of amides is 2. The number of rotatable bonds is 7. The van der Waals surface area contributed by atoms with E-state index in [1.54, 1.807) is 4.90 Å². The molecule has 0 atom stereocenters. The van der Waals surface area contributed by atoms with Crippen LogP contribution in [0, 0.1) is 11.8 Å². The quantitative estimate of drug-likeness (QED) is 0.732. The van der Waals surface area contributed by atoms with Gasteiger partial charge in [-0.15, -0.1) is 0 Å². The van der Waals surface area contributed by atoms with Crippen molar-refractivity contribution in [3.05, 3.63) is 11.7 Å². The smallest absolute Gasteiger partial charge is 0.233 e. The van der Waals surface area contributed by atoms with Gasteiger partial charge in [-0.3, -0.25) is 9.59 Å². The lowest BCUT2D eigenvalue weighted by atomic mass is 9.86. The fourth-order valence-corrected chi connectivity index (χ4v) is 4.16.